The van der Waals surface area contributed by atoms with Crippen LogP contribution in [0.15, 0.2) is 0 Å². The molecule has 1 rings (SSSR count). The number of rotatable bonds is 4. The van der Waals surface area contributed by atoms with Crippen LogP contribution >= 0.6 is 0 Å². The molecular formula is C9H18N2O4S. The SMILES string of the molecule is COC(=O)CCS(=O)(=O)N1CCC(N)CC1. The summed E-state index contributed by atoms with van der Waals surface area (Å²) in [5.74, 6) is -0.688. The van der Waals surface area contributed by atoms with Crippen LogP contribution in [0.1, 0.15) is 19.3 Å². The quantitative estimate of drug-likeness (QED) is 0.666. The second-order valence-corrected chi connectivity index (χ2v) is 5.97. The van der Waals surface area contributed by atoms with Crippen molar-refractivity contribution in [3.05, 3.63) is 0 Å². The molecule has 0 aromatic heterocycles. The number of hydrogen-bond donors (Lipinski definition) is 1. The number of nitrogens with zero attached hydrogens (tertiary/aromatic N) is 1. The van der Waals surface area contributed by atoms with E-state index in [0.717, 1.165) is 0 Å². The molecule has 0 unspecified atom stereocenters. The van der Waals surface area contributed by atoms with E-state index in [1.807, 2.05) is 0 Å². The normalized spacial score (nSPS) is 19.6. The van der Waals surface area contributed by atoms with Crippen LogP contribution in [0.4, 0.5) is 0 Å². The molecule has 0 atom stereocenters. The molecule has 1 aliphatic rings. The number of ether oxygens (including phenoxy) is 1. The first-order valence-corrected chi connectivity index (χ1v) is 6.87. The van der Waals surface area contributed by atoms with Crippen LogP contribution in [0.5, 0.6) is 0 Å². The Morgan fingerprint density at radius 2 is 2.00 bits per heavy atom. The lowest BCUT2D eigenvalue weighted by Crippen LogP contribution is -2.43. The number of hydrogen-bond acceptors (Lipinski definition) is 5. The van der Waals surface area contributed by atoms with Crippen molar-refractivity contribution in [1.82, 2.24) is 4.31 Å². The fraction of sp³-hybridized carbons (Fsp3) is 0.889. The van der Waals surface area contributed by atoms with Gasteiger partial charge in [0.25, 0.3) is 0 Å². The van der Waals surface area contributed by atoms with Crippen molar-refractivity contribution in [2.45, 2.75) is 25.3 Å². The molecule has 1 heterocycles. The maximum absolute atomic E-state index is 11.8. The van der Waals surface area contributed by atoms with E-state index >= 15 is 0 Å². The average Bonchev–Trinajstić information content (AvgIpc) is 2.26. The maximum Gasteiger partial charge on any atom is 0.306 e. The van der Waals surface area contributed by atoms with Gasteiger partial charge in [0.2, 0.25) is 10.0 Å². The third-order valence-corrected chi connectivity index (χ3v) is 4.56. The first-order valence-electron chi connectivity index (χ1n) is 5.26. The van der Waals surface area contributed by atoms with Gasteiger partial charge in [-0.15, -0.1) is 0 Å². The van der Waals surface area contributed by atoms with Crippen molar-refractivity contribution in [2.75, 3.05) is 26.0 Å². The lowest BCUT2D eigenvalue weighted by molar-refractivity contribution is -0.140. The van der Waals surface area contributed by atoms with Crippen LogP contribution in [-0.4, -0.2) is 50.7 Å². The van der Waals surface area contributed by atoms with E-state index in [2.05, 4.69) is 4.74 Å². The molecule has 0 amide bonds. The Morgan fingerprint density at radius 3 is 2.50 bits per heavy atom. The van der Waals surface area contributed by atoms with Crippen LogP contribution in [0, 0.1) is 0 Å². The Morgan fingerprint density at radius 1 is 1.44 bits per heavy atom. The summed E-state index contributed by atoms with van der Waals surface area (Å²) < 4.78 is 29.4. The van der Waals surface area contributed by atoms with Crippen molar-refractivity contribution >= 4 is 16.0 Å². The van der Waals surface area contributed by atoms with Gasteiger partial charge in [0, 0.05) is 19.1 Å². The maximum atomic E-state index is 11.8. The summed E-state index contributed by atoms with van der Waals surface area (Å²) in [6, 6.07) is 0.0899. The molecule has 0 aromatic carbocycles. The van der Waals surface area contributed by atoms with Gasteiger partial charge in [0.1, 0.15) is 0 Å². The van der Waals surface area contributed by atoms with E-state index < -0.39 is 16.0 Å². The van der Waals surface area contributed by atoms with Crippen LogP contribution in [0.25, 0.3) is 0 Å². The molecule has 0 radical (unpaired) electrons. The Hall–Kier alpha value is -0.660. The fourth-order valence-corrected chi connectivity index (χ4v) is 3.05. The first kappa shape index (κ1) is 13.4. The van der Waals surface area contributed by atoms with Crippen molar-refractivity contribution in [3.8, 4) is 0 Å². The minimum absolute atomic E-state index is 0.0899. The smallest absolute Gasteiger partial charge is 0.306 e. The number of nitrogens with two attached hydrogens (primary N) is 1. The highest BCUT2D eigenvalue weighted by Crippen LogP contribution is 2.13. The second-order valence-electron chi connectivity index (χ2n) is 3.88. The number of methoxy groups -OCH3 is 1. The number of esters is 1. The summed E-state index contributed by atoms with van der Waals surface area (Å²) in [6.45, 7) is 0.898. The molecular weight excluding hydrogens is 232 g/mol. The topological polar surface area (TPSA) is 89.7 Å². The third-order valence-electron chi connectivity index (χ3n) is 2.68. The second kappa shape index (κ2) is 5.60. The molecule has 94 valence electrons. The monoisotopic (exact) mass is 250 g/mol. The summed E-state index contributed by atoms with van der Waals surface area (Å²) in [5, 5.41) is 0. The zero-order chi connectivity index (χ0) is 12.2. The highest BCUT2D eigenvalue weighted by Gasteiger charge is 2.26. The molecule has 16 heavy (non-hydrogen) atoms. The van der Waals surface area contributed by atoms with Gasteiger partial charge in [-0.3, -0.25) is 4.79 Å². The van der Waals surface area contributed by atoms with Gasteiger partial charge < -0.3 is 10.5 Å². The molecule has 6 nitrogen and oxygen atoms in total. The van der Waals surface area contributed by atoms with Gasteiger partial charge in [-0.05, 0) is 12.8 Å². The molecule has 1 aliphatic heterocycles. The highest BCUT2D eigenvalue weighted by atomic mass is 32.2. The van der Waals surface area contributed by atoms with E-state index in [1.165, 1.54) is 11.4 Å². The molecule has 2 N–H and O–H groups in total. The Bertz CT molecular complexity index is 333. The Labute approximate surface area is 95.8 Å². The minimum Gasteiger partial charge on any atom is -0.469 e. The summed E-state index contributed by atoms with van der Waals surface area (Å²) in [7, 11) is -2.09. The number of piperidine rings is 1. The molecule has 0 spiro atoms. The van der Waals surface area contributed by atoms with E-state index in [1.54, 1.807) is 0 Å². The van der Waals surface area contributed by atoms with Crippen LogP contribution in [-0.2, 0) is 19.6 Å². The summed E-state index contributed by atoms with van der Waals surface area (Å²) >= 11 is 0. The largest absolute Gasteiger partial charge is 0.469 e. The van der Waals surface area contributed by atoms with Gasteiger partial charge in [-0.25, -0.2) is 12.7 Å². The van der Waals surface area contributed by atoms with E-state index in [9.17, 15) is 13.2 Å². The van der Waals surface area contributed by atoms with Crippen molar-refractivity contribution in [1.29, 1.82) is 0 Å². The van der Waals surface area contributed by atoms with E-state index in [4.69, 9.17) is 5.73 Å². The molecule has 1 saturated heterocycles. The van der Waals surface area contributed by atoms with Gasteiger partial charge in [0.05, 0.1) is 19.3 Å². The van der Waals surface area contributed by atoms with Crippen LogP contribution < -0.4 is 5.73 Å². The van der Waals surface area contributed by atoms with Crippen molar-refractivity contribution in [2.24, 2.45) is 5.73 Å². The molecule has 0 aliphatic carbocycles. The third kappa shape index (κ3) is 3.73. The zero-order valence-electron chi connectivity index (χ0n) is 9.39. The lowest BCUT2D eigenvalue weighted by atomic mass is 10.1. The number of sulfonamides is 1. The van der Waals surface area contributed by atoms with Gasteiger partial charge in [-0.2, -0.15) is 0 Å². The van der Waals surface area contributed by atoms with Crippen LogP contribution in [0.2, 0.25) is 0 Å². The fourth-order valence-electron chi connectivity index (χ4n) is 1.60. The summed E-state index contributed by atoms with van der Waals surface area (Å²) in [5.41, 5.74) is 5.69. The Kier molecular flexibility index (Phi) is 4.69. The number of carbonyl (C=O) groups excluding carboxylic acids is 1. The van der Waals surface area contributed by atoms with Crippen LogP contribution in [0.3, 0.4) is 0 Å². The van der Waals surface area contributed by atoms with Crippen molar-refractivity contribution < 1.29 is 17.9 Å². The molecule has 0 aromatic rings. The summed E-state index contributed by atoms with van der Waals surface area (Å²) in [4.78, 5) is 10.9. The first-order chi connectivity index (χ1) is 7.45. The molecule has 0 bridgehead atoms. The van der Waals surface area contributed by atoms with Gasteiger partial charge in [0.15, 0.2) is 0 Å². The lowest BCUT2D eigenvalue weighted by Gasteiger charge is -2.29. The summed E-state index contributed by atoms with van der Waals surface area (Å²) in [6.07, 6.45) is 1.26. The Balaban J connectivity index is 2.47. The molecule has 7 heteroatoms. The van der Waals surface area contributed by atoms with E-state index in [-0.39, 0.29) is 18.2 Å². The van der Waals surface area contributed by atoms with E-state index in [0.29, 0.717) is 25.9 Å². The standard InChI is InChI=1S/C9H18N2O4S/c1-15-9(12)4-7-16(13,14)11-5-2-8(10)3-6-11/h8H,2-7,10H2,1H3. The predicted molar refractivity (Wildman–Crippen MR) is 59.2 cm³/mol. The zero-order valence-corrected chi connectivity index (χ0v) is 10.2. The predicted octanol–water partition coefficient (Wildman–Crippen LogP) is -0.698. The number of carbonyl (C=O) groups is 1. The highest BCUT2D eigenvalue weighted by molar-refractivity contribution is 7.89. The van der Waals surface area contributed by atoms with Gasteiger partial charge in [-0.1, -0.05) is 0 Å². The minimum atomic E-state index is -3.33. The van der Waals surface area contributed by atoms with Crippen molar-refractivity contribution in [3.63, 3.8) is 0 Å². The molecule has 1 fully saturated rings. The average molecular weight is 250 g/mol. The van der Waals surface area contributed by atoms with Gasteiger partial charge >= 0.3 is 5.97 Å². The molecule has 0 saturated carbocycles.